The van der Waals surface area contributed by atoms with Gasteiger partial charge in [0.25, 0.3) is 0 Å². The van der Waals surface area contributed by atoms with Gasteiger partial charge in [-0.3, -0.25) is 9.48 Å². The van der Waals surface area contributed by atoms with Crippen molar-refractivity contribution in [3.8, 4) is 11.3 Å². The molecule has 3 heterocycles. The number of nitrogen functional groups attached to an aromatic ring is 1. The number of nitrogens with one attached hydrogen (secondary N) is 1. The molecule has 3 aromatic heterocycles. The fourth-order valence-corrected chi connectivity index (χ4v) is 2.85. The van der Waals surface area contributed by atoms with Crippen LogP contribution in [0.2, 0.25) is 0 Å². The van der Waals surface area contributed by atoms with Gasteiger partial charge in [0.2, 0.25) is 5.91 Å². The first-order valence-corrected chi connectivity index (χ1v) is 7.87. The van der Waals surface area contributed by atoms with E-state index in [2.05, 4.69) is 27.3 Å². The number of rotatable bonds is 3. The second-order valence-electron chi connectivity index (χ2n) is 6.39. The Morgan fingerprint density at radius 3 is 2.83 bits per heavy atom. The number of carbonyl (C=O) groups excluding carboxylic acids is 1. The van der Waals surface area contributed by atoms with E-state index in [0.717, 1.165) is 28.5 Å². The summed E-state index contributed by atoms with van der Waals surface area (Å²) in [5.74, 6) is 1.55. The number of carbonyl (C=O) groups is 1. The van der Waals surface area contributed by atoms with Gasteiger partial charge in [0, 0.05) is 36.3 Å². The van der Waals surface area contributed by atoms with Gasteiger partial charge in [0.15, 0.2) is 0 Å². The van der Waals surface area contributed by atoms with Gasteiger partial charge in [-0.2, -0.15) is 5.10 Å². The number of hydrogen-bond acceptors (Lipinski definition) is 5. The topological polar surface area (TPSA) is 98.7 Å². The lowest BCUT2D eigenvalue weighted by atomic mass is 10.1. The normalized spacial score (nSPS) is 19.4. The van der Waals surface area contributed by atoms with Crippen molar-refractivity contribution in [1.82, 2.24) is 19.7 Å². The van der Waals surface area contributed by atoms with Crippen LogP contribution < -0.4 is 11.1 Å². The van der Waals surface area contributed by atoms with Crippen LogP contribution in [0.25, 0.3) is 22.0 Å². The van der Waals surface area contributed by atoms with E-state index in [1.165, 1.54) is 0 Å². The Morgan fingerprint density at radius 1 is 1.38 bits per heavy atom. The molecule has 2 unspecified atom stereocenters. The van der Waals surface area contributed by atoms with Crippen LogP contribution in [0.1, 0.15) is 13.3 Å². The molecule has 2 atom stereocenters. The van der Waals surface area contributed by atoms with Crippen molar-refractivity contribution in [2.24, 2.45) is 18.9 Å². The average molecular weight is 322 g/mol. The number of amides is 1. The summed E-state index contributed by atoms with van der Waals surface area (Å²) in [5, 5.41) is 8.69. The zero-order valence-electron chi connectivity index (χ0n) is 13.5. The number of aromatic nitrogens is 4. The minimum Gasteiger partial charge on any atom is -0.383 e. The number of anilines is 2. The van der Waals surface area contributed by atoms with Crippen LogP contribution in [0.15, 0.2) is 30.7 Å². The highest BCUT2D eigenvalue weighted by Crippen LogP contribution is 2.38. The maximum absolute atomic E-state index is 12.1. The fraction of sp³-hybridized carbons (Fsp3) is 0.294. The Kier molecular flexibility index (Phi) is 3.23. The molecule has 7 heteroatoms. The Bertz CT molecular complexity index is 947. The van der Waals surface area contributed by atoms with Gasteiger partial charge in [-0.05, 0) is 29.9 Å². The van der Waals surface area contributed by atoms with Gasteiger partial charge in [0.05, 0.1) is 11.9 Å². The summed E-state index contributed by atoms with van der Waals surface area (Å²) >= 11 is 0. The summed E-state index contributed by atoms with van der Waals surface area (Å²) in [6, 6.07) is 3.76. The smallest absolute Gasteiger partial charge is 0.228 e. The number of fused-ring (bicyclic) bond motifs is 1. The third kappa shape index (κ3) is 2.58. The SMILES string of the molecule is CC1CC1C(=O)Nc1cc2cc(-c3cnn(C)c3)nc(N)c2cn1. The molecule has 0 bridgehead atoms. The lowest BCUT2D eigenvalue weighted by Gasteiger charge is -2.08. The highest BCUT2D eigenvalue weighted by atomic mass is 16.2. The molecule has 24 heavy (non-hydrogen) atoms. The number of nitrogens with two attached hydrogens (primary N) is 1. The first-order chi connectivity index (χ1) is 11.5. The Hall–Kier alpha value is -2.96. The molecular weight excluding hydrogens is 304 g/mol. The Labute approximate surface area is 138 Å². The first-order valence-electron chi connectivity index (χ1n) is 7.87. The second-order valence-corrected chi connectivity index (χ2v) is 6.39. The van der Waals surface area contributed by atoms with E-state index < -0.39 is 0 Å². The molecule has 1 amide bonds. The summed E-state index contributed by atoms with van der Waals surface area (Å²) in [6.45, 7) is 2.07. The van der Waals surface area contributed by atoms with Gasteiger partial charge in [-0.1, -0.05) is 6.92 Å². The Morgan fingerprint density at radius 2 is 2.17 bits per heavy atom. The van der Waals surface area contributed by atoms with Gasteiger partial charge in [-0.15, -0.1) is 0 Å². The fourth-order valence-electron chi connectivity index (χ4n) is 2.85. The van der Waals surface area contributed by atoms with Crippen LogP contribution in [-0.4, -0.2) is 25.7 Å². The van der Waals surface area contributed by atoms with Gasteiger partial charge >= 0.3 is 0 Å². The summed E-state index contributed by atoms with van der Waals surface area (Å²) in [5.41, 5.74) is 7.70. The monoisotopic (exact) mass is 322 g/mol. The molecule has 0 aromatic carbocycles. The number of hydrogen-bond donors (Lipinski definition) is 2. The van der Waals surface area contributed by atoms with Crippen molar-refractivity contribution in [3.63, 3.8) is 0 Å². The zero-order valence-corrected chi connectivity index (χ0v) is 13.5. The van der Waals surface area contributed by atoms with Crippen LogP contribution in [-0.2, 0) is 11.8 Å². The summed E-state index contributed by atoms with van der Waals surface area (Å²) < 4.78 is 1.71. The lowest BCUT2D eigenvalue weighted by molar-refractivity contribution is -0.117. The summed E-state index contributed by atoms with van der Waals surface area (Å²) in [4.78, 5) is 20.8. The van der Waals surface area contributed by atoms with Crippen LogP contribution in [0.3, 0.4) is 0 Å². The molecule has 0 radical (unpaired) electrons. The average Bonchev–Trinajstić information content (AvgIpc) is 3.12. The number of aryl methyl sites for hydroxylation is 1. The van der Waals surface area contributed by atoms with Crippen LogP contribution >= 0.6 is 0 Å². The van der Waals surface area contributed by atoms with Crippen molar-refractivity contribution in [2.75, 3.05) is 11.1 Å². The molecule has 0 saturated heterocycles. The third-order valence-corrected chi connectivity index (χ3v) is 4.44. The van der Waals surface area contributed by atoms with Crippen LogP contribution in [0.4, 0.5) is 11.6 Å². The molecule has 4 rings (SSSR count). The largest absolute Gasteiger partial charge is 0.383 e. The van der Waals surface area contributed by atoms with E-state index in [4.69, 9.17) is 5.73 Å². The molecule has 1 aliphatic carbocycles. The maximum atomic E-state index is 12.1. The van der Waals surface area contributed by atoms with Crippen molar-refractivity contribution in [1.29, 1.82) is 0 Å². The van der Waals surface area contributed by atoms with Crippen molar-refractivity contribution in [2.45, 2.75) is 13.3 Å². The molecular formula is C17H18N6O. The third-order valence-electron chi connectivity index (χ3n) is 4.44. The lowest BCUT2D eigenvalue weighted by Crippen LogP contribution is -2.15. The quantitative estimate of drug-likeness (QED) is 0.770. The van der Waals surface area contributed by atoms with Crippen molar-refractivity contribution in [3.05, 3.63) is 30.7 Å². The zero-order chi connectivity index (χ0) is 16.8. The highest BCUT2D eigenvalue weighted by molar-refractivity contribution is 5.98. The minimum atomic E-state index is 0.0314. The maximum Gasteiger partial charge on any atom is 0.228 e. The molecule has 3 N–H and O–H groups in total. The summed E-state index contributed by atoms with van der Waals surface area (Å²) in [7, 11) is 1.85. The van der Waals surface area contributed by atoms with Crippen molar-refractivity contribution < 1.29 is 4.79 Å². The van der Waals surface area contributed by atoms with Gasteiger partial charge in [0.1, 0.15) is 11.6 Å². The van der Waals surface area contributed by atoms with E-state index in [0.29, 0.717) is 17.6 Å². The van der Waals surface area contributed by atoms with E-state index in [9.17, 15) is 4.79 Å². The summed E-state index contributed by atoms with van der Waals surface area (Å²) in [6.07, 6.45) is 6.22. The van der Waals surface area contributed by atoms with Crippen LogP contribution in [0, 0.1) is 11.8 Å². The second kappa shape index (κ2) is 5.30. The Balaban J connectivity index is 1.70. The molecule has 1 aliphatic rings. The standard InChI is InChI=1S/C17H18N6O/c1-9-3-12(9)17(24)22-15-5-10-4-14(11-6-20-23(2)8-11)21-16(18)13(10)7-19-15/h4-9,12H,3H2,1-2H3,(H2,18,21)(H,19,22,24). The van der Waals surface area contributed by atoms with E-state index in [-0.39, 0.29) is 11.8 Å². The molecule has 0 aliphatic heterocycles. The van der Waals surface area contributed by atoms with E-state index >= 15 is 0 Å². The van der Waals surface area contributed by atoms with Crippen molar-refractivity contribution >= 4 is 28.3 Å². The first kappa shape index (κ1) is 14.6. The van der Waals surface area contributed by atoms with E-state index in [1.807, 2.05) is 25.4 Å². The predicted molar refractivity (Wildman–Crippen MR) is 92.1 cm³/mol. The minimum absolute atomic E-state index is 0.0314. The highest BCUT2D eigenvalue weighted by Gasteiger charge is 2.39. The molecule has 1 saturated carbocycles. The number of pyridine rings is 2. The van der Waals surface area contributed by atoms with E-state index in [1.54, 1.807) is 17.1 Å². The molecule has 0 spiro atoms. The molecule has 122 valence electrons. The molecule has 7 nitrogen and oxygen atoms in total. The van der Waals surface area contributed by atoms with Gasteiger partial charge < -0.3 is 11.1 Å². The predicted octanol–water partition coefficient (Wildman–Crippen LogP) is 2.21. The van der Waals surface area contributed by atoms with Gasteiger partial charge in [-0.25, -0.2) is 9.97 Å². The molecule has 1 fully saturated rings. The number of nitrogens with zero attached hydrogens (tertiary/aromatic N) is 4. The molecule has 3 aromatic rings. The van der Waals surface area contributed by atoms with Crippen LogP contribution in [0.5, 0.6) is 0 Å².